The summed E-state index contributed by atoms with van der Waals surface area (Å²) in [5, 5.41) is 54.1. The van der Waals surface area contributed by atoms with Crippen molar-refractivity contribution >= 4 is 138 Å². The number of benzene rings is 3. The molecule has 3 aromatic carbocycles. The molecule has 37 heteroatoms. The highest BCUT2D eigenvalue weighted by atomic mass is 79.9. The highest BCUT2D eigenvalue weighted by molar-refractivity contribution is 9.09. The highest BCUT2D eigenvalue weighted by Crippen LogP contribution is 2.39. The number of pyridine rings is 3. The summed E-state index contributed by atoms with van der Waals surface area (Å²) in [6.07, 6.45) is 16.0. The Morgan fingerprint density at radius 1 is 0.388 bits per heavy atom. The Hall–Kier alpha value is -12.5. The van der Waals surface area contributed by atoms with E-state index < -0.39 is 136 Å². The van der Waals surface area contributed by atoms with Gasteiger partial charge in [0.15, 0.2) is 0 Å². The molecule has 36 nitrogen and oxygen atoms in total. The van der Waals surface area contributed by atoms with E-state index in [1.807, 2.05) is 185 Å². The third kappa shape index (κ3) is 26.5. The molecule has 9 aliphatic heterocycles. The zero-order chi connectivity index (χ0) is 100. The second-order valence-electron chi connectivity index (χ2n) is 38.4. The summed E-state index contributed by atoms with van der Waals surface area (Å²) in [6, 6.07) is 27.7. The molecule has 740 valence electrons. The minimum absolute atomic E-state index is 0.213. The maximum atomic E-state index is 14.1. The van der Waals surface area contributed by atoms with Gasteiger partial charge in [-0.3, -0.25) is 82.4 Å². The number of fused-ring (bicyclic) bond motifs is 12. The van der Waals surface area contributed by atoms with Crippen molar-refractivity contribution in [3.63, 3.8) is 0 Å². The Morgan fingerprint density at radius 3 is 0.928 bits per heavy atom. The van der Waals surface area contributed by atoms with E-state index in [0.29, 0.717) is 169 Å². The van der Waals surface area contributed by atoms with Crippen molar-refractivity contribution in [2.75, 3.05) is 77.3 Å². The Bertz CT molecular complexity index is 5520. The first-order chi connectivity index (χ1) is 66.5. The second kappa shape index (κ2) is 47.9. The van der Waals surface area contributed by atoms with E-state index >= 15 is 0 Å². The molecule has 3 spiro atoms. The van der Waals surface area contributed by atoms with Crippen molar-refractivity contribution in [1.82, 2.24) is 93.3 Å². The summed E-state index contributed by atoms with van der Waals surface area (Å²) < 4.78 is 17.4. The number of halogens is 1. The number of hydrogen-bond donors (Lipinski definition) is 10. The lowest BCUT2D eigenvalue weighted by Crippen LogP contribution is -2.61. The molecule has 12 atom stereocenters. The van der Waals surface area contributed by atoms with E-state index in [4.69, 9.17) is 34.4 Å². The summed E-state index contributed by atoms with van der Waals surface area (Å²) in [5.74, 6) is -5.46. The summed E-state index contributed by atoms with van der Waals surface area (Å²) in [7, 11) is 0. The van der Waals surface area contributed by atoms with Crippen molar-refractivity contribution in [1.29, 1.82) is 15.8 Å². The fourth-order valence-electron chi connectivity index (χ4n) is 18.5. The van der Waals surface area contributed by atoms with Crippen molar-refractivity contribution in [3.05, 3.63) is 143 Å². The molecule has 0 radical (unpaired) electrons. The first-order valence-corrected chi connectivity index (χ1v) is 49.4. The largest absolute Gasteiger partial charge is 0.455 e. The van der Waals surface area contributed by atoms with Gasteiger partial charge < -0.3 is 51.4 Å². The number of rotatable bonds is 5. The van der Waals surface area contributed by atoms with Crippen LogP contribution in [-0.4, -0.2) is 243 Å². The molecule has 9 amide bonds. The SMILES string of the molecule is CC(C)[C@@H]1NC(=O)C2(/C=C/c3ccc4ccc(nc4c3)[C@@H](C)OC(=O)[C@@H]3CCCN(N3)C(=O)[C@H](C)NC1=O)CCN(CC#N)CC2.CC(C)[C@@H]1NC(=O)C2(/C=C/c3ccc4ccc(nc4c3)[C@@H](C)OC(=O)[C@@H]3CCCN(N3)C(=O)[C@H](C)NC1=O)CCN(CC#N)CC2.CC(C)[C@@H]1NC(=O)C2(/C=C/c3ccc4ccc(nc4c3)[C@@H](C)OC(=O)[C@@H]3CCCN(N3)C(=O)[C@H](C)NC1=O)CCNCC2.N#CCBr. The van der Waals surface area contributed by atoms with Crippen molar-refractivity contribution in [2.24, 2.45) is 34.0 Å². The molecule has 12 heterocycles. The van der Waals surface area contributed by atoms with Crippen LogP contribution in [0.5, 0.6) is 0 Å². The van der Waals surface area contributed by atoms with Crippen LogP contribution < -0.4 is 53.5 Å². The number of hydrogen-bond acceptors (Lipinski definition) is 27. The van der Waals surface area contributed by atoms with Crippen molar-refractivity contribution in [2.45, 2.75) is 233 Å². The van der Waals surface area contributed by atoms with Crippen LogP contribution in [0.3, 0.4) is 0 Å². The van der Waals surface area contributed by atoms with Gasteiger partial charge in [0, 0.05) is 62.0 Å². The van der Waals surface area contributed by atoms with E-state index in [9.17, 15) is 68.1 Å². The van der Waals surface area contributed by atoms with Crippen molar-refractivity contribution < 1.29 is 71.7 Å². The highest BCUT2D eigenvalue weighted by Gasteiger charge is 2.47. The number of esters is 3. The average molecular weight is 1970 g/mol. The number of likely N-dealkylation sites (tertiary alicyclic amines) is 2. The van der Waals surface area contributed by atoms with Gasteiger partial charge in [-0.05, 0) is 203 Å². The van der Waals surface area contributed by atoms with Gasteiger partial charge in [-0.1, -0.05) is 149 Å². The minimum Gasteiger partial charge on any atom is -0.455 e. The molecular weight excluding hydrogens is 1840 g/mol. The molecule has 6 fully saturated rings. The number of nitrogens with one attached hydrogen (secondary N) is 10. The Balaban J connectivity index is 0.000000183. The van der Waals surface area contributed by atoms with Gasteiger partial charge in [0.05, 0.1) is 86.5 Å². The molecule has 3 aromatic heterocycles. The number of carbonyl (C=O) groups is 12. The van der Waals surface area contributed by atoms with Crippen LogP contribution >= 0.6 is 15.9 Å². The number of ether oxygens (including phenoxy) is 3. The number of cyclic esters (lactones) is 3. The average Bonchev–Trinajstić information content (AvgIpc) is 1.78. The summed E-state index contributed by atoms with van der Waals surface area (Å²) in [6.45, 7) is 26.4. The first-order valence-electron chi connectivity index (χ1n) is 48.3. The lowest BCUT2D eigenvalue weighted by atomic mass is 9.76. The molecular formula is C102H130BrN21O15. The standard InChI is InChI=1S/2C34H43N7O5.C32H42N6O5.C2H2BrN/c2*1-21(2)29-30(42)36-22(3)31(43)41-16-5-6-27(39-41)32(44)46-23(4)26-10-9-25-8-7-24(20-28(25)37-26)11-12-34(33(45)38-29)13-17-40(18-14-34)19-15-35;1-19(2)27-28(39)34-20(3)29(40)38-17-5-6-25(37-38)30(41)43-21(4)24-10-9-23-8-7-22(18-26(23)35-24)11-12-32(31(42)36-27)13-15-33-16-14-32;3-1-2-4/h2*7-12,20-23,27,29,39H,5-6,13-14,16-19H2,1-4H3,(H,36,42)(H,38,45);7-12,18-21,25,27,33,37H,5-6,13-17H2,1-4H3,(H,34,39)(H,36,42);1H2/b3*12-11+;/t2*22-,23+,27-,29-;20-,21+,25-,27-;/m000./s1. The molecule has 15 rings (SSSR count). The molecule has 9 aliphatic rings. The number of amides is 9. The fourth-order valence-corrected chi connectivity index (χ4v) is 18.5. The third-order valence-electron chi connectivity index (χ3n) is 27.2. The molecule has 6 saturated heterocycles. The van der Waals surface area contributed by atoms with Gasteiger partial charge in [-0.15, -0.1) is 0 Å². The number of carbonyl (C=O) groups excluding carboxylic acids is 12. The van der Waals surface area contributed by atoms with Crippen molar-refractivity contribution in [3.8, 4) is 18.2 Å². The Morgan fingerprint density at radius 2 is 0.662 bits per heavy atom. The number of nitrogens with zero attached hydrogens (tertiary/aromatic N) is 11. The van der Waals surface area contributed by atoms with Gasteiger partial charge >= 0.3 is 17.9 Å². The van der Waals surface area contributed by atoms with Gasteiger partial charge in [-0.25, -0.2) is 31.2 Å². The van der Waals surface area contributed by atoms with E-state index in [-0.39, 0.29) is 54.5 Å². The fraction of sp³-hybridized carbons (Fsp3) is 0.529. The normalized spacial score (nSPS) is 26.8. The minimum atomic E-state index is -0.917. The monoisotopic (exact) mass is 1970 g/mol. The Labute approximate surface area is 819 Å². The molecule has 0 saturated carbocycles. The van der Waals surface area contributed by atoms with E-state index in [1.165, 1.54) is 15.0 Å². The number of nitriles is 3. The zero-order valence-electron chi connectivity index (χ0n) is 81.2. The van der Waals surface area contributed by atoms with Gasteiger partial charge in [0.1, 0.15) is 72.7 Å². The topological polar surface area (TPSA) is 479 Å². The Kier molecular flexibility index (Phi) is 36.3. The maximum Gasteiger partial charge on any atom is 0.325 e. The predicted octanol–water partition coefficient (Wildman–Crippen LogP) is 8.51. The lowest BCUT2D eigenvalue weighted by molar-refractivity contribution is -0.158. The number of aromatic nitrogens is 3. The zero-order valence-corrected chi connectivity index (χ0v) is 82.8. The third-order valence-corrected chi connectivity index (χ3v) is 27.5. The number of piperidine rings is 3. The first kappa shape index (κ1) is 105. The molecule has 0 aliphatic carbocycles. The lowest BCUT2D eigenvalue weighted by Gasteiger charge is -2.39. The summed E-state index contributed by atoms with van der Waals surface area (Å²) >= 11 is 2.89. The van der Waals surface area contributed by atoms with Gasteiger partial charge in [0.25, 0.3) is 17.7 Å². The molecule has 139 heavy (non-hydrogen) atoms. The van der Waals surface area contributed by atoms with Gasteiger partial charge in [0.2, 0.25) is 35.4 Å². The summed E-state index contributed by atoms with van der Waals surface area (Å²) in [5.41, 5.74) is 12.9. The van der Waals surface area contributed by atoms with Crippen LogP contribution in [0.4, 0.5) is 0 Å². The van der Waals surface area contributed by atoms with Crippen LogP contribution in [0.1, 0.15) is 212 Å². The molecule has 10 N–H and O–H groups in total. The van der Waals surface area contributed by atoms with Crippen LogP contribution in [0.15, 0.2) is 109 Å². The van der Waals surface area contributed by atoms with Crippen LogP contribution in [0, 0.1) is 68.0 Å². The van der Waals surface area contributed by atoms with E-state index in [2.05, 4.69) is 81.6 Å². The quantitative estimate of drug-likeness (QED) is 0.0334. The summed E-state index contributed by atoms with van der Waals surface area (Å²) in [4.78, 5) is 181. The van der Waals surface area contributed by atoms with Crippen LogP contribution in [0.25, 0.3) is 50.9 Å². The van der Waals surface area contributed by atoms with E-state index in [0.717, 1.165) is 38.4 Å². The van der Waals surface area contributed by atoms with Crippen LogP contribution in [0.2, 0.25) is 0 Å². The van der Waals surface area contributed by atoms with E-state index in [1.54, 1.807) is 41.5 Å². The second-order valence-corrected chi connectivity index (χ2v) is 39.0. The van der Waals surface area contributed by atoms with Gasteiger partial charge in [-0.2, -0.15) is 15.8 Å². The molecule has 6 aromatic rings. The smallest absolute Gasteiger partial charge is 0.325 e. The molecule has 0 unspecified atom stereocenters. The predicted molar refractivity (Wildman–Crippen MR) is 524 cm³/mol. The number of hydrazine groups is 3. The van der Waals surface area contributed by atoms with Crippen LogP contribution in [-0.2, 0) is 71.7 Å². The number of alkyl halides is 1. The maximum absolute atomic E-state index is 14.1. The molecule has 15 bridgehead atoms.